The van der Waals surface area contributed by atoms with Crippen LogP contribution in [0.25, 0.3) is 27.6 Å². The largest absolute Gasteiger partial charge is 0.379 e. The number of nitrogens with one attached hydrogen (secondary N) is 2. The molecular weight excluding hydrogens is 596 g/mol. The number of amides is 1. The van der Waals surface area contributed by atoms with E-state index in [0.717, 1.165) is 61.3 Å². The standard InChI is InChI=1S/C33H27F2N7O2S/c34-25-8-3-9-26(35)28(25)31(43)37-24-7-2-5-22(19-24)29-30(42-14-17-45-33(42)40-29)27-10-11-36-32(39-27)38-23-6-1-4-21(18-23)20-41-12-15-44-16-13-41/h1-11,14,17-19H,12-13,15-16,20H2,(H,37,43)(H,36,38,39). The van der Waals surface area contributed by atoms with Crippen molar-refractivity contribution in [3.63, 3.8) is 0 Å². The van der Waals surface area contributed by atoms with Crippen molar-refractivity contribution in [1.29, 1.82) is 0 Å². The average molecular weight is 624 g/mol. The van der Waals surface area contributed by atoms with Gasteiger partial charge in [-0.05, 0) is 48.0 Å². The van der Waals surface area contributed by atoms with Crippen LogP contribution in [0.3, 0.4) is 0 Å². The maximum Gasteiger partial charge on any atom is 0.261 e. The Morgan fingerprint density at radius 3 is 2.56 bits per heavy atom. The highest BCUT2D eigenvalue weighted by atomic mass is 32.1. The molecule has 7 rings (SSSR count). The van der Waals surface area contributed by atoms with Crippen molar-refractivity contribution in [2.75, 3.05) is 36.9 Å². The highest BCUT2D eigenvalue weighted by molar-refractivity contribution is 7.15. The number of benzene rings is 3. The Kier molecular flexibility index (Phi) is 7.99. The molecule has 226 valence electrons. The van der Waals surface area contributed by atoms with Crippen molar-refractivity contribution in [3.8, 4) is 22.6 Å². The van der Waals surface area contributed by atoms with Gasteiger partial charge in [0.2, 0.25) is 5.95 Å². The molecule has 4 heterocycles. The molecule has 6 aromatic rings. The predicted molar refractivity (Wildman–Crippen MR) is 170 cm³/mol. The minimum absolute atomic E-state index is 0.365. The van der Waals surface area contributed by atoms with Crippen molar-refractivity contribution < 1.29 is 18.3 Å². The number of imidazole rings is 1. The summed E-state index contributed by atoms with van der Waals surface area (Å²) in [5, 5.41) is 7.89. The second-order valence-corrected chi connectivity index (χ2v) is 11.3. The summed E-state index contributed by atoms with van der Waals surface area (Å²) >= 11 is 1.48. The molecular formula is C33H27F2N7O2S. The molecule has 0 spiro atoms. The third kappa shape index (κ3) is 6.16. The van der Waals surface area contributed by atoms with Crippen molar-refractivity contribution >= 4 is 39.5 Å². The zero-order valence-corrected chi connectivity index (χ0v) is 24.7. The molecule has 0 aliphatic carbocycles. The van der Waals surface area contributed by atoms with Crippen LogP contribution in [0.15, 0.2) is 90.6 Å². The second kappa shape index (κ2) is 12.5. The molecule has 0 saturated carbocycles. The van der Waals surface area contributed by atoms with E-state index >= 15 is 0 Å². The summed E-state index contributed by atoms with van der Waals surface area (Å²) in [7, 11) is 0. The first-order valence-electron chi connectivity index (χ1n) is 14.3. The normalized spacial score (nSPS) is 13.6. The fourth-order valence-corrected chi connectivity index (χ4v) is 6.04. The Morgan fingerprint density at radius 2 is 1.71 bits per heavy atom. The molecule has 0 bridgehead atoms. The molecule has 0 atom stereocenters. The van der Waals surface area contributed by atoms with Crippen molar-refractivity contribution in [1.82, 2.24) is 24.3 Å². The van der Waals surface area contributed by atoms with Gasteiger partial charge in [0, 0.05) is 54.3 Å². The first-order valence-corrected chi connectivity index (χ1v) is 15.2. The number of anilines is 3. The summed E-state index contributed by atoms with van der Waals surface area (Å²) < 4.78 is 35.9. The molecule has 0 radical (unpaired) electrons. The maximum absolute atomic E-state index is 14.2. The quantitative estimate of drug-likeness (QED) is 0.197. The monoisotopic (exact) mass is 623 g/mol. The van der Waals surface area contributed by atoms with E-state index in [1.165, 1.54) is 23.0 Å². The van der Waals surface area contributed by atoms with Crippen molar-refractivity contribution in [3.05, 3.63) is 113 Å². The fourth-order valence-electron chi connectivity index (χ4n) is 5.33. The molecule has 3 aromatic carbocycles. The molecule has 0 unspecified atom stereocenters. The summed E-state index contributed by atoms with van der Waals surface area (Å²) in [6.07, 6.45) is 3.61. The van der Waals surface area contributed by atoms with E-state index in [0.29, 0.717) is 28.6 Å². The van der Waals surface area contributed by atoms with Gasteiger partial charge in [0.25, 0.3) is 5.91 Å². The lowest BCUT2D eigenvalue weighted by molar-refractivity contribution is 0.0342. The molecule has 1 aliphatic heterocycles. The number of aromatic nitrogens is 4. The molecule has 1 saturated heterocycles. The summed E-state index contributed by atoms with van der Waals surface area (Å²) in [5.74, 6) is -2.32. The van der Waals surface area contributed by atoms with Gasteiger partial charge in [-0.25, -0.2) is 23.7 Å². The summed E-state index contributed by atoms with van der Waals surface area (Å²) in [5.41, 5.74) is 4.48. The minimum atomic E-state index is -0.933. The molecule has 3 aromatic heterocycles. The number of fused-ring (bicyclic) bond motifs is 1. The van der Waals surface area contributed by atoms with Gasteiger partial charge in [-0.3, -0.25) is 14.1 Å². The zero-order chi connectivity index (χ0) is 30.8. The van der Waals surface area contributed by atoms with E-state index in [4.69, 9.17) is 14.7 Å². The van der Waals surface area contributed by atoms with Crippen LogP contribution >= 0.6 is 11.3 Å². The minimum Gasteiger partial charge on any atom is -0.379 e. The summed E-state index contributed by atoms with van der Waals surface area (Å²) in [4.78, 5) is 30.1. The highest BCUT2D eigenvalue weighted by Gasteiger charge is 2.21. The number of ether oxygens (including phenoxy) is 1. The van der Waals surface area contributed by atoms with Gasteiger partial charge in [-0.15, -0.1) is 11.3 Å². The van der Waals surface area contributed by atoms with Gasteiger partial charge in [0.1, 0.15) is 22.9 Å². The number of carbonyl (C=O) groups excluding carboxylic acids is 1. The van der Waals surface area contributed by atoms with Crippen LogP contribution in [0.1, 0.15) is 15.9 Å². The first-order chi connectivity index (χ1) is 22.0. The number of halogens is 2. The van der Waals surface area contributed by atoms with Crippen molar-refractivity contribution in [2.45, 2.75) is 6.54 Å². The molecule has 12 heteroatoms. The second-order valence-electron chi connectivity index (χ2n) is 10.5. The van der Waals surface area contributed by atoms with Gasteiger partial charge in [-0.1, -0.05) is 30.3 Å². The van der Waals surface area contributed by atoms with Crippen LogP contribution in [0.4, 0.5) is 26.1 Å². The van der Waals surface area contributed by atoms with Crippen LogP contribution < -0.4 is 10.6 Å². The first kappa shape index (κ1) is 28.7. The van der Waals surface area contributed by atoms with Crippen LogP contribution in [0.5, 0.6) is 0 Å². The van der Waals surface area contributed by atoms with Gasteiger partial charge >= 0.3 is 0 Å². The highest BCUT2D eigenvalue weighted by Crippen LogP contribution is 2.35. The van der Waals surface area contributed by atoms with Gasteiger partial charge < -0.3 is 15.4 Å². The Hall–Kier alpha value is -5.04. The Labute approximate surface area is 261 Å². The van der Waals surface area contributed by atoms with Gasteiger partial charge in [0.15, 0.2) is 4.96 Å². The zero-order valence-electron chi connectivity index (χ0n) is 23.9. The fraction of sp³-hybridized carbons (Fsp3) is 0.152. The van der Waals surface area contributed by atoms with E-state index < -0.39 is 23.1 Å². The van der Waals surface area contributed by atoms with Crippen LogP contribution in [0.2, 0.25) is 0 Å². The number of hydrogen-bond acceptors (Lipinski definition) is 8. The molecule has 9 nitrogen and oxygen atoms in total. The third-order valence-electron chi connectivity index (χ3n) is 7.44. The molecule has 2 N–H and O–H groups in total. The number of nitrogens with zero attached hydrogens (tertiary/aromatic N) is 5. The van der Waals surface area contributed by atoms with Gasteiger partial charge in [0.05, 0.1) is 24.6 Å². The van der Waals surface area contributed by atoms with Gasteiger partial charge in [-0.2, -0.15) is 0 Å². The summed E-state index contributed by atoms with van der Waals surface area (Å²) in [6, 6.07) is 20.3. The lowest BCUT2D eigenvalue weighted by Crippen LogP contribution is -2.35. The van der Waals surface area contributed by atoms with E-state index in [1.807, 2.05) is 40.2 Å². The Balaban J connectivity index is 1.17. The predicted octanol–water partition coefficient (Wildman–Crippen LogP) is 6.63. The average Bonchev–Trinajstić information content (AvgIpc) is 3.64. The smallest absolute Gasteiger partial charge is 0.261 e. The van der Waals surface area contributed by atoms with E-state index in [-0.39, 0.29) is 0 Å². The van der Waals surface area contributed by atoms with E-state index in [1.54, 1.807) is 24.4 Å². The molecule has 1 fully saturated rings. The molecule has 1 aliphatic rings. The number of morpholine rings is 1. The maximum atomic E-state index is 14.2. The molecule has 1 amide bonds. The van der Waals surface area contributed by atoms with E-state index in [2.05, 4.69) is 32.7 Å². The topological polar surface area (TPSA) is 96.7 Å². The number of hydrogen-bond donors (Lipinski definition) is 2. The summed E-state index contributed by atoms with van der Waals surface area (Å²) in [6.45, 7) is 4.15. The lowest BCUT2D eigenvalue weighted by atomic mass is 10.1. The lowest BCUT2D eigenvalue weighted by Gasteiger charge is -2.26. The number of carbonyl (C=O) groups is 1. The third-order valence-corrected chi connectivity index (χ3v) is 8.19. The van der Waals surface area contributed by atoms with E-state index in [9.17, 15) is 13.6 Å². The van der Waals surface area contributed by atoms with Crippen LogP contribution in [-0.4, -0.2) is 56.5 Å². The Morgan fingerprint density at radius 1 is 0.933 bits per heavy atom. The van der Waals surface area contributed by atoms with Crippen LogP contribution in [0, 0.1) is 11.6 Å². The SMILES string of the molecule is O=C(Nc1cccc(-c2nc3sccn3c2-c2ccnc(Nc3cccc(CN4CCOCC4)c3)n2)c1)c1c(F)cccc1F. The number of thiazole rings is 1. The molecule has 45 heavy (non-hydrogen) atoms. The van der Waals surface area contributed by atoms with Crippen LogP contribution in [-0.2, 0) is 11.3 Å². The number of rotatable bonds is 8. The van der Waals surface area contributed by atoms with Crippen molar-refractivity contribution in [2.24, 2.45) is 0 Å². The Bertz CT molecular complexity index is 1980.